The third kappa shape index (κ3) is 3.41. The van der Waals surface area contributed by atoms with Gasteiger partial charge in [-0.25, -0.2) is 0 Å². The highest BCUT2D eigenvalue weighted by Crippen LogP contribution is 2.21. The Labute approximate surface area is 138 Å². The number of rotatable bonds is 3. The molecule has 0 atom stereocenters. The Balaban J connectivity index is 1.99. The largest absolute Gasteiger partial charge is 0.313 e. The number of halogens is 1. The molecule has 0 saturated carbocycles. The fourth-order valence-electron chi connectivity index (χ4n) is 1.78. The standard InChI is InChI=1S/C15H9ClN2O2S2/c16-13-2-1-10(21-13)7-12-15(20)18-14(22-12)8-11(19)9-3-5-17-6-4-9/h1-8H,(H,18,20)/b12-7-,14-8-. The summed E-state index contributed by atoms with van der Waals surface area (Å²) < 4.78 is 1.71. The first-order valence-corrected chi connectivity index (χ1v) is 8.25. The first-order valence-electron chi connectivity index (χ1n) is 6.24. The number of aromatic nitrogens is 2. The van der Waals surface area contributed by atoms with Crippen molar-refractivity contribution in [2.75, 3.05) is 0 Å². The van der Waals surface area contributed by atoms with Crippen LogP contribution in [0.3, 0.4) is 0 Å². The van der Waals surface area contributed by atoms with Gasteiger partial charge in [0, 0.05) is 28.9 Å². The van der Waals surface area contributed by atoms with E-state index in [1.54, 1.807) is 36.7 Å². The molecule has 7 heteroatoms. The molecule has 0 saturated heterocycles. The van der Waals surface area contributed by atoms with Crippen LogP contribution in [0.2, 0.25) is 4.34 Å². The number of hydrogen-bond donors (Lipinski definition) is 1. The maximum atomic E-state index is 12.1. The van der Waals surface area contributed by atoms with Crippen LogP contribution in [0.25, 0.3) is 12.2 Å². The molecule has 0 fully saturated rings. The van der Waals surface area contributed by atoms with Gasteiger partial charge in [-0.2, -0.15) is 0 Å². The third-order valence-corrected chi connectivity index (χ3v) is 4.92. The minimum atomic E-state index is -0.219. The number of H-pyrrole nitrogens is 1. The zero-order chi connectivity index (χ0) is 15.5. The Bertz CT molecular complexity index is 986. The zero-order valence-corrected chi connectivity index (χ0v) is 13.5. The van der Waals surface area contributed by atoms with Crippen molar-refractivity contribution in [1.82, 2.24) is 9.97 Å². The van der Waals surface area contributed by atoms with Crippen molar-refractivity contribution < 1.29 is 4.79 Å². The quantitative estimate of drug-likeness (QED) is 0.737. The minimum Gasteiger partial charge on any atom is -0.313 e. The molecule has 0 unspecified atom stereocenters. The third-order valence-electron chi connectivity index (χ3n) is 2.77. The SMILES string of the molecule is O=C(/C=c1/[nH]c(=O)/c(=C/c2ccc(Cl)s2)s1)c1ccncc1. The number of thiophene rings is 1. The van der Waals surface area contributed by atoms with Crippen LogP contribution in [0.4, 0.5) is 0 Å². The van der Waals surface area contributed by atoms with E-state index in [0.717, 1.165) is 4.88 Å². The summed E-state index contributed by atoms with van der Waals surface area (Å²) in [5.41, 5.74) is 0.308. The minimum absolute atomic E-state index is 0.175. The smallest absolute Gasteiger partial charge is 0.266 e. The number of aromatic amines is 1. The van der Waals surface area contributed by atoms with Crippen LogP contribution in [-0.4, -0.2) is 15.8 Å². The molecule has 0 bridgehead atoms. The molecule has 0 aliphatic carbocycles. The van der Waals surface area contributed by atoms with E-state index in [0.29, 0.717) is 19.1 Å². The molecule has 3 heterocycles. The number of thiazole rings is 1. The van der Waals surface area contributed by atoms with Crippen molar-refractivity contribution in [2.45, 2.75) is 0 Å². The molecule has 110 valence electrons. The number of ketones is 1. The lowest BCUT2D eigenvalue weighted by Crippen LogP contribution is -2.19. The van der Waals surface area contributed by atoms with E-state index < -0.39 is 0 Å². The van der Waals surface area contributed by atoms with Crippen molar-refractivity contribution in [3.8, 4) is 0 Å². The van der Waals surface area contributed by atoms with Crippen LogP contribution in [0.5, 0.6) is 0 Å². The zero-order valence-electron chi connectivity index (χ0n) is 11.1. The molecule has 0 radical (unpaired) electrons. The van der Waals surface area contributed by atoms with E-state index in [1.807, 2.05) is 6.07 Å². The molecular weight excluding hydrogens is 340 g/mol. The van der Waals surface area contributed by atoms with Gasteiger partial charge in [0.25, 0.3) is 5.56 Å². The number of carbonyl (C=O) groups is 1. The Morgan fingerprint density at radius 3 is 2.64 bits per heavy atom. The number of Topliss-reactive ketones (excluding diaryl/α,β-unsaturated/α-hetero) is 1. The first-order chi connectivity index (χ1) is 10.6. The van der Waals surface area contributed by atoms with Gasteiger partial charge in [0.15, 0.2) is 5.78 Å². The topological polar surface area (TPSA) is 62.8 Å². The van der Waals surface area contributed by atoms with Gasteiger partial charge < -0.3 is 4.98 Å². The van der Waals surface area contributed by atoms with Crippen molar-refractivity contribution in [1.29, 1.82) is 0 Å². The number of carbonyl (C=O) groups excluding carboxylic acids is 1. The summed E-state index contributed by atoms with van der Waals surface area (Å²) in [5.74, 6) is -0.175. The summed E-state index contributed by atoms with van der Waals surface area (Å²) in [7, 11) is 0. The number of nitrogens with one attached hydrogen (secondary N) is 1. The number of hydrogen-bond acceptors (Lipinski definition) is 5. The summed E-state index contributed by atoms with van der Waals surface area (Å²) >= 11 is 8.49. The van der Waals surface area contributed by atoms with Gasteiger partial charge in [-0.05, 0) is 30.3 Å². The molecule has 3 aromatic heterocycles. The van der Waals surface area contributed by atoms with Crippen LogP contribution in [0.15, 0.2) is 41.5 Å². The second-order valence-corrected chi connectivity index (χ2v) is 7.15. The summed E-state index contributed by atoms with van der Waals surface area (Å²) in [6, 6.07) is 6.88. The Hall–Kier alpha value is -2.02. The van der Waals surface area contributed by atoms with Crippen molar-refractivity contribution in [3.05, 3.63) is 71.0 Å². The number of pyridine rings is 1. The normalized spacial score (nSPS) is 12.8. The Kier molecular flexibility index (Phi) is 4.33. The van der Waals surface area contributed by atoms with Crippen molar-refractivity contribution in [3.63, 3.8) is 0 Å². The van der Waals surface area contributed by atoms with Crippen LogP contribution in [0, 0.1) is 0 Å². The average Bonchev–Trinajstić information content (AvgIpc) is 3.06. The van der Waals surface area contributed by atoms with Crippen LogP contribution in [-0.2, 0) is 0 Å². The van der Waals surface area contributed by atoms with Crippen LogP contribution >= 0.6 is 34.3 Å². The van der Waals surface area contributed by atoms with E-state index >= 15 is 0 Å². The van der Waals surface area contributed by atoms with Gasteiger partial charge in [-0.15, -0.1) is 22.7 Å². The molecule has 0 aliphatic heterocycles. The number of nitrogens with zero attached hydrogens (tertiary/aromatic N) is 1. The van der Waals surface area contributed by atoms with Gasteiger partial charge >= 0.3 is 0 Å². The highest BCUT2D eigenvalue weighted by molar-refractivity contribution is 7.17. The molecule has 3 rings (SSSR count). The lowest BCUT2D eigenvalue weighted by atomic mass is 10.2. The predicted octanol–water partition coefficient (Wildman–Crippen LogP) is 2.04. The molecule has 1 N–H and O–H groups in total. The molecule has 4 nitrogen and oxygen atoms in total. The summed E-state index contributed by atoms with van der Waals surface area (Å²) in [5, 5.41) is 0. The lowest BCUT2D eigenvalue weighted by molar-refractivity contribution is 0.106. The van der Waals surface area contributed by atoms with E-state index in [4.69, 9.17) is 11.6 Å². The van der Waals surface area contributed by atoms with Crippen LogP contribution in [0.1, 0.15) is 15.2 Å². The van der Waals surface area contributed by atoms with Gasteiger partial charge in [-0.3, -0.25) is 14.6 Å². The Morgan fingerprint density at radius 2 is 1.95 bits per heavy atom. The van der Waals surface area contributed by atoms with Gasteiger partial charge in [0.05, 0.1) is 13.5 Å². The lowest BCUT2D eigenvalue weighted by Gasteiger charge is -1.91. The highest BCUT2D eigenvalue weighted by atomic mass is 35.5. The Morgan fingerprint density at radius 1 is 1.18 bits per heavy atom. The van der Waals surface area contributed by atoms with Crippen LogP contribution < -0.4 is 14.8 Å². The van der Waals surface area contributed by atoms with E-state index in [9.17, 15) is 9.59 Å². The first kappa shape index (κ1) is 14.9. The van der Waals surface area contributed by atoms with Crippen molar-refractivity contribution in [2.24, 2.45) is 0 Å². The summed E-state index contributed by atoms with van der Waals surface area (Å²) in [6.45, 7) is 0. The summed E-state index contributed by atoms with van der Waals surface area (Å²) in [4.78, 5) is 31.4. The van der Waals surface area contributed by atoms with Crippen molar-refractivity contribution >= 4 is 52.2 Å². The second-order valence-electron chi connectivity index (χ2n) is 4.32. The fourth-order valence-corrected chi connectivity index (χ4v) is 3.73. The average molecular weight is 349 g/mol. The van der Waals surface area contributed by atoms with Gasteiger partial charge in [0.1, 0.15) is 0 Å². The van der Waals surface area contributed by atoms with Gasteiger partial charge in [-0.1, -0.05) is 11.6 Å². The monoisotopic (exact) mass is 348 g/mol. The molecule has 0 aliphatic rings. The molecule has 0 amide bonds. The predicted molar refractivity (Wildman–Crippen MR) is 90.1 cm³/mol. The maximum absolute atomic E-state index is 12.1. The maximum Gasteiger partial charge on any atom is 0.266 e. The second kappa shape index (κ2) is 6.39. The van der Waals surface area contributed by atoms with E-state index in [-0.39, 0.29) is 11.3 Å². The molecule has 0 aromatic carbocycles. The summed E-state index contributed by atoms with van der Waals surface area (Å²) in [6.07, 6.45) is 6.28. The molecule has 0 spiro atoms. The van der Waals surface area contributed by atoms with E-state index in [1.165, 1.54) is 28.7 Å². The van der Waals surface area contributed by atoms with E-state index in [2.05, 4.69) is 9.97 Å². The molecule has 22 heavy (non-hydrogen) atoms. The molecular formula is C15H9ClN2O2S2. The fraction of sp³-hybridized carbons (Fsp3) is 0. The molecule has 3 aromatic rings. The highest BCUT2D eigenvalue weighted by Gasteiger charge is 2.03. The van der Waals surface area contributed by atoms with Gasteiger partial charge in [0.2, 0.25) is 0 Å².